The van der Waals surface area contributed by atoms with E-state index in [1.165, 1.54) is 48.8 Å². The third kappa shape index (κ3) is 8.03. The number of benzene rings is 2. The van der Waals surface area contributed by atoms with Gasteiger partial charge < -0.3 is 20.4 Å². The van der Waals surface area contributed by atoms with Crippen LogP contribution >= 0.6 is 0 Å². The third-order valence-electron chi connectivity index (χ3n) is 11.0. The molecule has 0 unspecified atom stereocenters. The minimum Gasteiger partial charge on any atom is -0.508 e. The Bertz CT molecular complexity index is 1280. The first kappa shape index (κ1) is 32.5. The van der Waals surface area contributed by atoms with Crippen molar-refractivity contribution < 1.29 is 25.2 Å². The van der Waals surface area contributed by atoms with E-state index in [0.717, 1.165) is 56.9 Å². The van der Waals surface area contributed by atoms with Crippen LogP contribution in [0.3, 0.4) is 0 Å². The van der Waals surface area contributed by atoms with Crippen molar-refractivity contribution in [3.63, 3.8) is 0 Å². The molecule has 2 bridgehead atoms. The predicted octanol–water partition coefficient (Wildman–Crippen LogP) is 8.23. The van der Waals surface area contributed by atoms with Gasteiger partial charge in [-0.1, -0.05) is 80.3 Å². The lowest BCUT2D eigenvalue weighted by Gasteiger charge is -2.44. The molecule has 0 aliphatic heterocycles. The maximum absolute atomic E-state index is 12.8. The highest BCUT2D eigenvalue weighted by molar-refractivity contribution is 5.73. The number of unbranched alkanes of at least 4 members (excludes halogenated alkanes) is 3. The van der Waals surface area contributed by atoms with Gasteiger partial charge in [0, 0.05) is 5.41 Å². The first-order chi connectivity index (χ1) is 21.4. The van der Waals surface area contributed by atoms with E-state index in [1.807, 2.05) is 0 Å². The molecule has 4 N–H and O–H groups in total. The van der Waals surface area contributed by atoms with Gasteiger partial charge >= 0.3 is 5.97 Å². The zero-order valence-corrected chi connectivity index (χ0v) is 26.2. The van der Waals surface area contributed by atoms with Crippen LogP contribution in [0, 0.1) is 17.8 Å². The minimum absolute atomic E-state index is 0.208. The minimum atomic E-state index is -0.773. The van der Waals surface area contributed by atoms with Gasteiger partial charge in [0.2, 0.25) is 0 Å². The van der Waals surface area contributed by atoms with E-state index in [-0.39, 0.29) is 18.3 Å². The molecular formula is C39H52O5. The number of hydrogen-bond donors (Lipinski definition) is 4. The topological polar surface area (TPSA) is 98.0 Å². The van der Waals surface area contributed by atoms with Crippen molar-refractivity contribution in [2.75, 3.05) is 6.61 Å². The molecule has 6 atom stereocenters. The van der Waals surface area contributed by atoms with Crippen LogP contribution in [-0.2, 0) is 16.6 Å². The first-order valence-corrected chi connectivity index (χ1v) is 17.1. The highest BCUT2D eigenvalue weighted by Crippen LogP contribution is 2.48. The summed E-state index contributed by atoms with van der Waals surface area (Å²) in [7, 11) is 0. The number of phenols is 1. The number of aliphatic carboxylic acids is 1. The van der Waals surface area contributed by atoms with E-state index in [9.17, 15) is 25.2 Å². The normalized spacial score (nSPS) is 29.1. The van der Waals surface area contributed by atoms with Crippen LogP contribution in [0.1, 0.15) is 112 Å². The Morgan fingerprint density at radius 3 is 2.43 bits per heavy atom. The smallest absolute Gasteiger partial charge is 0.307 e. The molecule has 5 nitrogen and oxygen atoms in total. The summed E-state index contributed by atoms with van der Waals surface area (Å²) >= 11 is 0. The van der Waals surface area contributed by atoms with Gasteiger partial charge in [-0.15, -0.1) is 0 Å². The maximum Gasteiger partial charge on any atom is 0.307 e. The monoisotopic (exact) mass is 600 g/mol. The lowest BCUT2D eigenvalue weighted by Crippen LogP contribution is -2.45. The Hall–Kier alpha value is -2.89. The van der Waals surface area contributed by atoms with Crippen molar-refractivity contribution in [3.05, 3.63) is 89.0 Å². The summed E-state index contributed by atoms with van der Waals surface area (Å²) in [5, 5.41) is 40.7. The van der Waals surface area contributed by atoms with Crippen molar-refractivity contribution in [1.82, 2.24) is 0 Å². The number of aliphatic hydroxyl groups excluding tert-OH is 2. The zero-order valence-electron chi connectivity index (χ0n) is 26.2. The number of hydrogen-bond acceptors (Lipinski definition) is 4. The fourth-order valence-corrected chi connectivity index (χ4v) is 8.54. The van der Waals surface area contributed by atoms with Crippen LogP contribution in [-0.4, -0.2) is 39.1 Å². The molecule has 238 valence electrons. The lowest BCUT2D eigenvalue weighted by atomic mass is 9.60. The lowest BCUT2D eigenvalue weighted by molar-refractivity contribution is -0.145. The number of carboxylic acids is 1. The molecule has 0 amide bonds. The molecule has 1 saturated carbocycles. The molecule has 2 aromatic rings. The van der Waals surface area contributed by atoms with E-state index in [0.29, 0.717) is 24.7 Å². The molecular weight excluding hydrogens is 548 g/mol. The van der Waals surface area contributed by atoms with Crippen molar-refractivity contribution in [2.24, 2.45) is 17.8 Å². The van der Waals surface area contributed by atoms with Crippen molar-refractivity contribution in [2.45, 2.75) is 114 Å². The molecule has 1 fully saturated rings. The molecule has 0 heterocycles. The average Bonchev–Trinajstić information content (AvgIpc) is 3.48. The molecule has 44 heavy (non-hydrogen) atoms. The SMILES string of the molecule is O=C(O)[C@@H]1CC=CC[C@@H](CCCCCC[C@H]2C=C(CO)CC2)[C@H](c2ccc(O)cc2)Cc2cccc(c2)[C@@]12CCC[C@@H](O)C2. The predicted molar refractivity (Wildman–Crippen MR) is 176 cm³/mol. The number of carbonyl (C=O) groups is 1. The highest BCUT2D eigenvalue weighted by atomic mass is 16.4. The Morgan fingerprint density at radius 2 is 1.70 bits per heavy atom. The molecule has 0 saturated heterocycles. The molecule has 3 aliphatic rings. The second-order valence-electron chi connectivity index (χ2n) is 13.9. The van der Waals surface area contributed by atoms with E-state index in [4.69, 9.17) is 0 Å². The molecule has 1 spiro atoms. The van der Waals surface area contributed by atoms with Crippen LogP contribution in [0.4, 0.5) is 0 Å². The van der Waals surface area contributed by atoms with Gasteiger partial charge in [-0.05, 0) is 123 Å². The van der Waals surface area contributed by atoms with Crippen LogP contribution < -0.4 is 0 Å². The summed E-state index contributed by atoms with van der Waals surface area (Å²) in [6.07, 6.45) is 20.6. The number of carboxylic acid groups (broad SMARTS) is 1. The van der Waals surface area contributed by atoms with E-state index in [1.54, 1.807) is 12.1 Å². The highest BCUT2D eigenvalue weighted by Gasteiger charge is 2.47. The number of rotatable bonds is 10. The summed E-state index contributed by atoms with van der Waals surface area (Å²) < 4.78 is 0. The summed E-state index contributed by atoms with van der Waals surface area (Å²) in [5.41, 5.74) is 4.13. The van der Waals surface area contributed by atoms with Gasteiger partial charge in [0.1, 0.15) is 5.75 Å². The summed E-state index contributed by atoms with van der Waals surface area (Å²) in [6.45, 7) is 0.208. The largest absolute Gasteiger partial charge is 0.508 e. The van der Waals surface area contributed by atoms with Gasteiger partial charge in [0.15, 0.2) is 0 Å². The molecule has 5 heteroatoms. The average molecular weight is 601 g/mol. The number of phenolic OH excluding ortho intramolecular Hbond substituents is 1. The molecule has 5 rings (SSSR count). The third-order valence-corrected chi connectivity index (χ3v) is 11.0. The fraction of sp³-hybridized carbons (Fsp3) is 0.564. The number of allylic oxidation sites excluding steroid dienone is 3. The first-order valence-electron chi connectivity index (χ1n) is 17.1. The quantitative estimate of drug-likeness (QED) is 0.163. The van der Waals surface area contributed by atoms with Gasteiger partial charge in [-0.3, -0.25) is 4.79 Å². The van der Waals surface area contributed by atoms with Gasteiger partial charge in [0.05, 0.1) is 18.6 Å². The van der Waals surface area contributed by atoms with Crippen LogP contribution in [0.5, 0.6) is 5.75 Å². The number of aromatic hydroxyl groups is 1. The summed E-state index contributed by atoms with van der Waals surface area (Å²) in [4.78, 5) is 12.8. The maximum atomic E-state index is 12.8. The Balaban J connectivity index is 1.36. The van der Waals surface area contributed by atoms with E-state index >= 15 is 0 Å². The fourth-order valence-electron chi connectivity index (χ4n) is 8.54. The van der Waals surface area contributed by atoms with Crippen LogP contribution in [0.2, 0.25) is 0 Å². The van der Waals surface area contributed by atoms with E-state index in [2.05, 4.69) is 54.6 Å². The van der Waals surface area contributed by atoms with Gasteiger partial charge in [-0.25, -0.2) is 0 Å². The van der Waals surface area contributed by atoms with Crippen molar-refractivity contribution in [3.8, 4) is 5.75 Å². The number of aliphatic hydroxyl groups is 2. The molecule has 3 aliphatic carbocycles. The standard InChI is InChI=1S/C39H52O5/c40-27-30-17-16-28(23-30)9-3-1-2-4-11-31-12-5-6-15-37(38(43)44)39(22-8-14-35(42)26-39)33-13-7-10-29(24-33)25-36(31)32-18-20-34(41)21-19-32/h5-7,10,13,18-21,23-24,28,31,35-37,40-42H,1-4,8-9,11-12,14-17,22,25-27H2,(H,43,44)/t28-,31-,35-,36-,37+,39+/m1/s1. The zero-order chi connectivity index (χ0) is 30.9. The Morgan fingerprint density at radius 1 is 0.932 bits per heavy atom. The van der Waals surface area contributed by atoms with E-state index < -0.39 is 23.4 Å². The molecule has 0 aromatic heterocycles. The summed E-state index contributed by atoms with van der Waals surface area (Å²) in [5.74, 6) is 0.245. The van der Waals surface area contributed by atoms with Gasteiger partial charge in [0.25, 0.3) is 0 Å². The number of fused-ring (bicyclic) bond motifs is 3. The van der Waals surface area contributed by atoms with Crippen LogP contribution in [0.15, 0.2) is 72.3 Å². The van der Waals surface area contributed by atoms with Gasteiger partial charge in [-0.2, -0.15) is 0 Å². The Kier molecular flexibility index (Phi) is 11.4. The second kappa shape index (κ2) is 15.4. The summed E-state index contributed by atoms with van der Waals surface area (Å²) in [6, 6.07) is 16.3. The second-order valence-corrected chi connectivity index (χ2v) is 13.9. The van der Waals surface area contributed by atoms with Crippen LogP contribution in [0.25, 0.3) is 0 Å². The Labute approximate surface area is 263 Å². The van der Waals surface area contributed by atoms with Crippen molar-refractivity contribution in [1.29, 1.82) is 0 Å². The van der Waals surface area contributed by atoms with Crippen molar-refractivity contribution >= 4 is 5.97 Å². The molecule has 2 aromatic carbocycles. The molecule has 0 radical (unpaired) electrons.